The van der Waals surface area contributed by atoms with Gasteiger partial charge in [-0.05, 0) is 35.7 Å². The normalized spacial score (nSPS) is 13.3. The summed E-state index contributed by atoms with van der Waals surface area (Å²) in [5, 5.41) is 4.78. The number of allylic oxidation sites excluding steroid dienone is 1. The van der Waals surface area contributed by atoms with Gasteiger partial charge in [0.2, 0.25) is 0 Å². The topological polar surface area (TPSA) is 25.2 Å². The van der Waals surface area contributed by atoms with Crippen LogP contribution in [0.3, 0.4) is 0 Å². The molecule has 26 heavy (non-hydrogen) atoms. The lowest BCUT2D eigenvalue weighted by molar-refractivity contribution is 0.545. The lowest BCUT2D eigenvalue weighted by Crippen LogP contribution is -2.05. The van der Waals surface area contributed by atoms with Gasteiger partial charge in [-0.1, -0.05) is 66.7 Å². The zero-order valence-electron chi connectivity index (χ0n) is 14.4. The minimum Gasteiger partial charge on any atom is -0.460 e. The van der Waals surface area contributed by atoms with Crippen LogP contribution in [-0.4, -0.2) is 0 Å². The zero-order valence-corrected chi connectivity index (χ0v) is 14.4. The largest absolute Gasteiger partial charge is 0.460 e. The molecule has 1 N–H and O–H groups in total. The second kappa shape index (κ2) is 6.23. The Labute approximate surface area is 152 Å². The molecule has 0 saturated carbocycles. The van der Waals surface area contributed by atoms with Crippen molar-refractivity contribution in [2.45, 2.75) is 12.8 Å². The molecule has 1 aliphatic carbocycles. The highest BCUT2D eigenvalue weighted by molar-refractivity contribution is 5.96. The number of benzene rings is 3. The van der Waals surface area contributed by atoms with Gasteiger partial charge in [0.05, 0.1) is 0 Å². The second-order valence-corrected chi connectivity index (χ2v) is 6.62. The van der Waals surface area contributed by atoms with Gasteiger partial charge in [-0.15, -0.1) is 0 Å². The summed E-state index contributed by atoms with van der Waals surface area (Å²) < 4.78 is 6.05. The lowest BCUT2D eigenvalue weighted by atomic mass is 9.98. The van der Waals surface area contributed by atoms with Gasteiger partial charge in [0.1, 0.15) is 11.3 Å². The minimum atomic E-state index is 0.960. The maximum Gasteiger partial charge on any atom is 0.134 e. The number of hydrogen-bond donors (Lipinski definition) is 1. The number of para-hydroxylation sites is 1. The van der Waals surface area contributed by atoms with Gasteiger partial charge in [0.15, 0.2) is 0 Å². The highest BCUT2D eigenvalue weighted by Crippen LogP contribution is 2.36. The third-order valence-corrected chi connectivity index (χ3v) is 4.93. The number of fused-ring (bicyclic) bond motifs is 3. The molecule has 0 fully saturated rings. The fourth-order valence-electron chi connectivity index (χ4n) is 3.66. The third-order valence-electron chi connectivity index (χ3n) is 4.93. The van der Waals surface area contributed by atoms with Crippen LogP contribution in [0.25, 0.3) is 27.8 Å². The molecule has 2 heteroatoms. The van der Waals surface area contributed by atoms with E-state index in [-0.39, 0.29) is 0 Å². The summed E-state index contributed by atoms with van der Waals surface area (Å²) in [6.07, 6.45) is 4.23. The molecule has 3 aromatic carbocycles. The minimum absolute atomic E-state index is 0.960. The molecule has 1 aromatic heterocycles. The molecule has 2 nitrogen and oxygen atoms in total. The first-order valence-electron chi connectivity index (χ1n) is 9.02. The summed E-state index contributed by atoms with van der Waals surface area (Å²) in [6.45, 7) is 0. The Morgan fingerprint density at radius 1 is 0.731 bits per heavy atom. The summed E-state index contributed by atoms with van der Waals surface area (Å²) in [4.78, 5) is 0. The zero-order chi connectivity index (χ0) is 17.3. The van der Waals surface area contributed by atoms with E-state index in [1.807, 2.05) is 18.2 Å². The van der Waals surface area contributed by atoms with Crippen molar-refractivity contribution in [3.8, 4) is 11.1 Å². The third kappa shape index (κ3) is 2.60. The first-order chi connectivity index (χ1) is 12.9. The highest BCUT2D eigenvalue weighted by Gasteiger charge is 2.20. The van der Waals surface area contributed by atoms with Crippen LogP contribution in [0.5, 0.6) is 0 Å². The van der Waals surface area contributed by atoms with Crippen LogP contribution < -0.4 is 5.32 Å². The van der Waals surface area contributed by atoms with Gasteiger partial charge in [-0.2, -0.15) is 0 Å². The van der Waals surface area contributed by atoms with Crippen molar-refractivity contribution in [1.82, 2.24) is 0 Å². The molecular weight excluding hydrogens is 318 g/mol. The Morgan fingerprint density at radius 3 is 2.31 bits per heavy atom. The Balaban J connectivity index is 1.46. The fraction of sp³-hybridized carbons (Fsp3) is 0.0833. The van der Waals surface area contributed by atoms with Crippen molar-refractivity contribution in [2.75, 3.05) is 5.32 Å². The molecule has 1 aliphatic rings. The van der Waals surface area contributed by atoms with Crippen molar-refractivity contribution in [3.63, 3.8) is 0 Å². The van der Waals surface area contributed by atoms with Gasteiger partial charge in [-0.25, -0.2) is 0 Å². The van der Waals surface area contributed by atoms with Crippen molar-refractivity contribution in [3.05, 3.63) is 96.3 Å². The SMILES string of the molecule is C1=C(Nc2ccc(-c3ccccc3)cc2)c2c(oc3ccccc23)CC1. The van der Waals surface area contributed by atoms with E-state index in [0.29, 0.717) is 0 Å². The molecule has 0 unspecified atom stereocenters. The van der Waals surface area contributed by atoms with E-state index in [9.17, 15) is 0 Å². The number of aryl methyl sites for hydroxylation is 1. The summed E-state index contributed by atoms with van der Waals surface area (Å²) in [6, 6.07) is 27.3. The van der Waals surface area contributed by atoms with Crippen molar-refractivity contribution < 1.29 is 4.42 Å². The summed E-state index contributed by atoms with van der Waals surface area (Å²) >= 11 is 0. The van der Waals surface area contributed by atoms with Crippen LogP contribution in [0.15, 0.2) is 89.4 Å². The highest BCUT2D eigenvalue weighted by atomic mass is 16.3. The van der Waals surface area contributed by atoms with Gasteiger partial charge in [0, 0.05) is 28.8 Å². The Morgan fingerprint density at radius 2 is 1.46 bits per heavy atom. The van der Waals surface area contributed by atoms with Gasteiger partial charge < -0.3 is 9.73 Å². The van der Waals surface area contributed by atoms with E-state index < -0.39 is 0 Å². The predicted octanol–water partition coefficient (Wildman–Crippen LogP) is 6.50. The fourth-order valence-corrected chi connectivity index (χ4v) is 3.66. The molecule has 126 valence electrons. The Bertz CT molecular complexity index is 1090. The van der Waals surface area contributed by atoms with Crippen LogP contribution in [0.4, 0.5) is 5.69 Å². The van der Waals surface area contributed by atoms with Crippen LogP contribution >= 0.6 is 0 Å². The molecule has 1 heterocycles. The lowest BCUT2D eigenvalue weighted by Gasteiger charge is -2.16. The molecule has 0 aliphatic heterocycles. The summed E-state index contributed by atoms with van der Waals surface area (Å²) in [5.74, 6) is 1.08. The quantitative estimate of drug-likeness (QED) is 0.461. The van der Waals surface area contributed by atoms with E-state index in [1.54, 1.807) is 0 Å². The maximum absolute atomic E-state index is 6.05. The molecule has 0 saturated heterocycles. The monoisotopic (exact) mass is 337 g/mol. The van der Waals surface area contributed by atoms with Crippen molar-refractivity contribution in [1.29, 1.82) is 0 Å². The number of anilines is 1. The first kappa shape index (κ1) is 15.0. The number of nitrogens with one attached hydrogen (secondary N) is 1. The maximum atomic E-state index is 6.05. The smallest absolute Gasteiger partial charge is 0.134 e. The average Bonchev–Trinajstić information content (AvgIpc) is 3.09. The molecule has 0 spiro atoms. The average molecular weight is 337 g/mol. The number of hydrogen-bond acceptors (Lipinski definition) is 2. The molecule has 0 radical (unpaired) electrons. The summed E-state index contributed by atoms with van der Waals surface area (Å²) in [5.41, 5.74) is 6.87. The van der Waals surface area contributed by atoms with Crippen LogP contribution in [0.1, 0.15) is 17.7 Å². The Kier molecular flexibility index (Phi) is 3.60. The molecule has 4 aromatic rings. The van der Waals surface area contributed by atoms with Crippen molar-refractivity contribution >= 4 is 22.4 Å². The Hall–Kier alpha value is -3.26. The second-order valence-electron chi connectivity index (χ2n) is 6.62. The van der Waals surface area contributed by atoms with Gasteiger partial charge in [0.25, 0.3) is 0 Å². The molecule has 0 atom stereocenters. The number of furan rings is 1. The van der Waals surface area contributed by atoms with Gasteiger partial charge >= 0.3 is 0 Å². The van der Waals surface area contributed by atoms with E-state index in [0.717, 1.165) is 35.6 Å². The van der Waals surface area contributed by atoms with Crippen LogP contribution in [-0.2, 0) is 6.42 Å². The molecule has 0 amide bonds. The molecular formula is C24H19NO. The molecule has 5 rings (SSSR count). The standard InChI is InChI=1S/C24H19NO/c1-2-7-17(8-3-1)18-13-15-19(16-14-18)25-21-10-6-12-23-24(21)20-9-4-5-11-22(20)26-23/h1-5,7-11,13-16,25H,6,12H2. The number of rotatable bonds is 3. The van der Waals surface area contributed by atoms with E-state index >= 15 is 0 Å². The van der Waals surface area contributed by atoms with E-state index in [2.05, 4.69) is 72.1 Å². The molecule has 0 bridgehead atoms. The van der Waals surface area contributed by atoms with E-state index in [4.69, 9.17) is 4.42 Å². The van der Waals surface area contributed by atoms with Crippen LogP contribution in [0.2, 0.25) is 0 Å². The first-order valence-corrected chi connectivity index (χ1v) is 9.02. The van der Waals surface area contributed by atoms with E-state index in [1.165, 1.54) is 22.1 Å². The predicted molar refractivity (Wildman–Crippen MR) is 108 cm³/mol. The van der Waals surface area contributed by atoms with Crippen LogP contribution in [0, 0.1) is 0 Å². The van der Waals surface area contributed by atoms with Crippen molar-refractivity contribution in [2.24, 2.45) is 0 Å². The van der Waals surface area contributed by atoms with Gasteiger partial charge in [-0.3, -0.25) is 0 Å². The summed E-state index contributed by atoms with van der Waals surface area (Å²) in [7, 11) is 0.